The molecule has 0 saturated heterocycles. The molecule has 5 heteroatoms. The van der Waals surface area contributed by atoms with Gasteiger partial charge in [0.1, 0.15) is 5.69 Å². The molecule has 1 aromatic heterocycles. The first-order valence-electron chi connectivity index (χ1n) is 6.86. The van der Waals surface area contributed by atoms with Crippen LogP contribution in [0.2, 0.25) is 0 Å². The van der Waals surface area contributed by atoms with E-state index in [1.165, 1.54) is 5.56 Å². The third-order valence-electron chi connectivity index (χ3n) is 3.23. The van der Waals surface area contributed by atoms with Gasteiger partial charge in [0, 0.05) is 10.9 Å². The second-order valence-corrected chi connectivity index (χ2v) is 7.31. The van der Waals surface area contributed by atoms with Gasteiger partial charge >= 0.3 is 0 Å². The van der Waals surface area contributed by atoms with E-state index in [0.717, 1.165) is 10.9 Å². The second-order valence-electron chi connectivity index (χ2n) is 5.03. The van der Waals surface area contributed by atoms with Crippen LogP contribution in [0.1, 0.15) is 22.6 Å². The lowest BCUT2D eigenvalue weighted by molar-refractivity contribution is 0.987. The Bertz CT molecular complexity index is 917. The molecule has 0 aliphatic heterocycles. The van der Waals surface area contributed by atoms with Crippen molar-refractivity contribution in [2.45, 2.75) is 10.7 Å². The number of fused-ring (bicyclic) bond motifs is 1. The molecule has 0 bridgehead atoms. The summed E-state index contributed by atoms with van der Waals surface area (Å²) in [6.45, 7) is 2.03. The maximum atomic E-state index is 5.92. The van der Waals surface area contributed by atoms with Gasteiger partial charge in [-0.05, 0) is 37.1 Å². The number of rotatable bonds is 0. The van der Waals surface area contributed by atoms with Gasteiger partial charge in [0.25, 0.3) is 0 Å². The Morgan fingerprint density at radius 3 is 2.26 bits per heavy atom. The summed E-state index contributed by atoms with van der Waals surface area (Å²) in [5.41, 5.74) is 3.31. The fourth-order valence-corrected chi connectivity index (χ4v) is 2.32. The highest BCUT2D eigenvalue weighted by Gasteiger charge is 2.27. The van der Waals surface area contributed by atoms with Crippen LogP contribution < -0.4 is 0 Å². The van der Waals surface area contributed by atoms with E-state index in [0.29, 0.717) is 11.2 Å². The number of hydrogen-bond acceptors (Lipinski definition) is 2. The summed E-state index contributed by atoms with van der Waals surface area (Å²) in [4.78, 5) is 8.62. The number of alkyl halides is 3. The van der Waals surface area contributed by atoms with Crippen molar-refractivity contribution >= 4 is 45.7 Å². The van der Waals surface area contributed by atoms with Crippen LogP contribution in [0, 0.1) is 18.8 Å². The SMILES string of the molecule is Cc1ccc(C#Cc2nc(C(Cl)(Cl)Cl)nc3ccccc23)cc1. The van der Waals surface area contributed by atoms with E-state index >= 15 is 0 Å². The fourth-order valence-electron chi connectivity index (χ4n) is 2.07. The molecule has 0 saturated carbocycles. The summed E-state index contributed by atoms with van der Waals surface area (Å²) in [7, 11) is 0. The lowest BCUT2D eigenvalue weighted by Gasteiger charge is -2.10. The predicted octanol–water partition coefficient (Wildman–Crippen LogP) is 5.16. The molecule has 3 rings (SSSR count). The Labute approximate surface area is 149 Å². The third kappa shape index (κ3) is 3.76. The van der Waals surface area contributed by atoms with Crippen LogP contribution in [0.25, 0.3) is 10.9 Å². The number of aromatic nitrogens is 2. The monoisotopic (exact) mass is 360 g/mol. The van der Waals surface area contributed by atoms with Crippen LogP contribution in [0.3, 0.4) is 0 Å². The van der Waals surface area contributed by atoms with E-state index in [1.807, 2.05) is 55.5 Å². The van der Waals surface area contributed by atoms with Crippen LogP contribution in [0.4, 0.5) is 0 Å². The molecule has 0 fully saturated rings. The van der Waals surface area contributed by atoms with Crippen molar-refractivity contribution < 1.29 is 0 Å². The number of benzene rings is 2. The predicted molar refractivity (Wildman–Crippen MR) is 95.9 cm³/mol. The summed E-state index contributed by atoms with van der Waals surface area (Å²) in [5, 5.41) is 0.824. The Balaban J connectivity index is 2.14. The van der Waals surface area contributed by atoms with E-state index in [1.54, 1.807) is 0 Å². The van der Waals surface area contributed by atoms with Gasteiger partial charge in [-0.15, -0.1) is 0 Å². The van der Waals surface area contributed by atoms with Crippen LogP contribution in [-0.4, -0.2) is 9.97 Å². The molecule has 3 aromatic rings. The van der Waals surface area contributed by atoms with E-state index in [4.69, 9.17) is 34.8 Å². The number of para-hydroxylation sites is 1. The van der Waals surface area contributed by atoms with E-state index in [-0.39, 0.29) is 5.82 Å². The summed E-state index contributed by atoms with van der Waals surface area (Å²) >= 11 is 17.8. The maximum absolute atomic E-state index is 5.92. The zero-order valence-corrected chi connectivity index (χ0v) is 14.4. The van der Waals surface area contributed by atoms with Crippen molar-refractivity contribution in [1.29, 1.82) is 0 Å². The molecule has 0 spiro atoms. The number of hydrogen-bond donors (Lipinski definition) is 0. The minimum absolute atomic E-state index is 0.120. The smallest absolute Gasteiger partial charge is 0.228 e. The van der Waals surface area contributed by atoms with Gasteiger partial charge in [-0.2, -0.15) is 0 Å². The van der Waals surface area contributed by atoms with Gasteiger partial charge in [-0.1, -0.05) is 70.6 Å². The molecule has 0 amide bonds. The Morgan fingerprint density at radius 2 is 1.57 bits per heavy atom. The zero-order valence-electron chi connectivity index (χ0n) is 12.1. The van der Waals surface area contributed by atoms with Crippen LogP contribution in [-0.2, 0) is 3.79 Å². The Hall–Kier alpha value is -1.79. The molecular formula is C18H11Cl3N2. The van der Waals surface area contributed by atoms with Crippen molar-refractivity contribution in [3.8, 4) is 11.8 Å². The first-order chi connectivity index (χ1) is 10.9. The molecule has 0 aliphatic rings. The molecule has 0 radical (unpaired) electrons. The maximum Gasteiger partial charge on any atom is 0.250 e. The van der Waals surface area contributed by atoms with Gasteiger partial charge < -0.3 is 0 Å². The second kappa shape index (κ2) is 6.37. The third-order valence-corrected chi connectivity index (χ3v) is 3.74. The molecule has 23 heavy (non-hydrogen) atoms. The van der Waals surface area contributed by atoms with Crippen molar-refractivity contribution in [1.82, 2.24) is 9.97 Å². The zero-order chi connectivity index (χ0) is 16.4. The summed E-state index contributed by atoms with van der Waals surface area (Å²) in [5.74, 6) is 6.27. The normalized spacial score (nSPS) is 11.1. The van der Waals surface area contributed by atoms with Crippen LogP contribution in [0.5, 0.6) is 0 Å². The van der Waals surface area contributed by atoms with E-state index < -0.39 is 3.79 Å². The summed E-state index contributed by atoms with van der Waals surface area (Å²) < 4.78 is -1.69. The topological polar surface area (TPSA) is 25.8 Å². The van der Waals surface area contributed by atoms with Gasteiger partial charge in [0.05, 0.1) is 5.52 Å². The van der Waals surface area contributed by atoms with Crippen molar-refractivity contribution in [3.05, 3.63) is 71.2 Å². The minimum Gasteiger partial charge on any atom is -0.228 e. The standard InChI is InChI=1S/C18H11Cl3N2/c1-12-6-8-13(9-7-12)10-11-16-14-4-2-3-5-15(14)22-17(23-16)18(19,20)21/h2-9H,1H3. The molecule has 2 nitrogen and oxygen atoms in total. The van der Waals surface area contributed by atoms with Gasteiger partial charge in [-0.3, -0.25) is 0 Å². The Kier molecular flexibility index (Phi) is 4.46. The van der Waals surface area contributed by atoms with Crippen LogP contribution in [0.15, 0.2) is 48.5 Å². The molecule has 1 heterocycles. The minimum atomic E-state index is -1.69. The molecular weight excluding hydrogens is 351 g/mol. The highest BCUT2D eigenvalue weighted by Crippen LogP contribution is 2.36. The lowest BCUT2D eigenvalue weighted by atomic mass is 10.1. The highest BCUT2D eigenvalue weighted by atomic mass is 35.6. The van der Waals surface area contributed by atoms with Gasteiger partial charge in [0.2, 0.25) is 3.79 Å². The van der Waals surface area contributed by atoms with E-state index in [9.17, 15) is 0 Å². The van der Waals surface area contributed by atoms with Gasteiger partial charge in [-0.25, -0.2) is 9.97 Å². The number of nitrogens with zero attached hydrogens (tertiary/aromatic N) is 2. The number of aryl methyl sites for hydroxylation is 1. The first-order valence-corrected chi connectivity index (χ1v) is 7.99. The molecule has 0 N–H and O–H groups in total. The largest absolute Gasteiger partial charge is 0.250 e. The first kappa shape index (κ1) is 16.1. The van der Waals surface area contributed by atoms with E-state index in [2.05, 4.69) is 21.8 Å². The van der Waals surface area contributed by atoms with Crippen molar-refractivity contribution in [3.63, 3.8) is 0 Å². The Morgan fingerprint density at radius 1 is 0.870 bits per heavy atom. The van der Waals surface area contributed by atoms with Crippen LogP contribution >= 0.6 is 34.8 Å². The number of halogens is 3. The lowest BCUT2D eigenvalue weighted by Crippen LogP contribution is -2.08. The molecule has 0 unspecified atom stereocenters. The fraction of sp³-hybridized carbons (Fsp3) is 0.111. The quantitative estimate of drug-likeness (QED) is 0.408. The molecule has 114 valence electrons. The average molecular weight is 362 g/mol. The summed E-state index contributed by atoms with van der Waals surface area (Å²) in [6, 6.07) is 15.4. The molecule has 2 aromatic carbocycles. The van der Waals surface area contributed by atoms with Crippen molar-refractivity contribution in [2.24, 2.45) is 0 Å². The van der Waals surface area contributed by atoms with Gasteiger partial charge in [0.15, 0.2) is 5.82 Å². The molecule has 0 atom stereocenters. The molecule has 0 aliphatic carbocycles. The average Bonchev–Trinajstić information content (AvgIpc) is 2.53. The highest BCUT2D eigenvalue weighted by molar-refractivity contribution is 6.66. The van der Waals surface area contributed by atoms with Crippen molar-refractivity contribution in [2.75, 3.05) is 0 Å². The summed E-state index contributed by atoms with van der Waals surface area (Å²) in [6.07, 6.45) is 0.